The van der Waals surface area contributed by atoms with Crippen molar-refractivity contribution in [2.24, 2.45) is 0 Å². The van der Waals surface area contributed by atoms with Crippen LogP contribution in [0.25, 0.3) is 22.6 Å². The summed E-state index contributed by atoms with van der Waals surface area (Å²) in [4.78, 5) is 17.6. The van der Waals surface area contributed by atoms with E-state index in [1.165, 1.54) is 0 Å². The fourth-order valence-electron chi connectivity index (χ4n) is 3.75. The van der Waals surface area contributed by atoms with E-state index in [4.69, 9.17) is 35.6 Å². The molecule has 4 aromatic rings. The zero-order valence-electron chi connectivity index (χ0n) is 21.6. The first-order valence-electron chi connectivity index (χ1n) is 12.2. The average Bonchev–Trinajstić information content (AvgIpc) is 3.34. The predicted octanol–water partition coefficient (Wildman–Crippen LogP) is 5.83. The first-order chi connectivity index (χ1) is 18.4. The Bertz CT molecular complexity index is 1420. The number of anilines is 1. The van der Waals surface area contributed by atoms with Gasteiger partial charge in [-0.3, -0.25) is 10.1 Å². The Balaban J connectivity index is 1.50. The molecule has 4 rings (SSSR count). The molecule has 0 fully saturated rings. The third-order valence-electron chi connectivity index (χ3n) is 5.36. The Morgan fingerprint density at radius 3 is 2.32 bits per heavy atom. The van der Waals surface area contributed by atoms with Crippen molar-refractivity contribution in [2.45, 2.75) is 20.8 Å². The van der Waals surface area contributed by atoms with E-state index in [-0.39, 0.29) is 5.11 Å². The maximum absolute atomic E-state index is 13.0. The van der Waals surface area contributed by atoms with E-state index in [1.54, 1.807) is 19.2 Å². The van der Waals surface area contributed by atoms with Gasteiger partial charge in [0.05, 0.1) is 26.9 Å². The van der Waals surface area contributed by atoms with Crippen LogP contribution in [0, 0.1) is 0 Å². The average molecular weight is 536 g/mol. The minimum atomic E-state index is -0.420. The van der Waals surface area contributed by atoms with E-state index in [0.717, 1.165) is 5.56 Å². The molecule has 3 aromatic carbocycles. The molecule has 2 N–H and O–H groups in total. The molecule has 0 aliphatic heterocycles. The summed E-state index contributed by atoms with van der Waals surface area (Å²) in [5.41, 5.74) is 3.06. The van der Waals surface area contributed by atoms with Gasteiger partial charge in [-0.25, -0.2) is 4.98 Å². The van der Waals surface area contributed by atoms with Crippen LogP contribution >= 0.6 is 12.2 Å². The Morgan fingerprint density at radius 1 is 0.947 bits per heavy atom. The van der Waals surface area contributed by atoms with E-state index < -0.39 is 5.91 Å². The number of methoxy groups -OCH3 is 1. The summed E-state index contributed by atoms with van der Waals surface area (Å²) in [6.07, 6.45) is 0. The molecular weight excluding hydrogens is 506 g/mol. The van der Waals surface area contributed by atoms with Gasteiger partial charge >= 0.3 is 0 Å². The van der Waals surface area contributed by atoms with E-state index in [9.17, 15) is 4.79 Å². The minimum absolute atomic E-state index is 0.124. The predicted molar refractivity (Wildman–Crippen MR) is 150 cm³/mol. The molecule has 1 amide bonds. The largest absolute Gasteiger partial charge is 0.497 e. The smallest absolute Gasteiger partial charge is 0.257 e. The molecule has 38 heavy (non-hydrogen) atoms. The summed E-state index contributed by atoms with van der Waals surface area (Å²) in [5, 5.41) is 5.87. The van der Waals surface area contributed by atoms with Crippen molar-refractivity contribution >= 4 is 40.0 Å². The molecule has 0 atom stereocenters. The van der Waals surface area contributed by atoms with Gasteiger partial charge in [-0.15, -0.1) is 0 Å². The van der Waals surface area contributed by atoms with Crippen molar-refractivity contribution < 1.29 is 28.2 Å². The quantitative estimate of drug-likeness (QED) is 0.243. The number of hydrogen-bond donors (Lipinski definition) is 2. The highest BCUT2D eigenvalue weighted by molar-refractivity contribution is 7.80. The normalized spacial score (nSPS) is 10.6. The van der Waals surface area contributed by atoms with Gasteiger partial charge in [0.2, 0.25) is 11.6 Å². The number of ether oxygens (including phenoxy) is 4. The van der Waals surface area contributed by atoms with Crippen LogP contribution in [0.5, 0.6) is 23.0 Å². The molecule has 0 spiro atoms. The highest BCUT2D eigenvalue weighted by Gasteiger charge is 2.19. The molecule has 0 radical (unpaired) electrons. The number of rotatable bonds is 10. The number of nitrogens with zero attached hydrogens (tertiary/aromatic N) is 1. The lowest BCUT2D eigenvalue weighted by Gasteiger charge is -2.17. The molecule has 1 heterocycles. The summed E-state index contributed by atoms with van der Waals surface area (Å²) in [6.45, 7) is 6.81. The van der Waals surface area contributed by atoms with Gasteiger partial charge in [0.1, 0.15) is 11.3 Å². The van der Waals surface area contributed by atoms with E-state index >= 15 is 0 Å². The highest BCUT2D eigenvalue weighted by atomic mass is 32.1. The second kappa shape index (κ2) is 12.3. The summed E-state index contributed by atoms with van der Waals surface area (Å²) < 4.78 is 28.3. The number of thiocarbonyl (C=S) groups is 1. The van der Waals surface area contributed by atoms with Gasteiger partial charge in [0.25, 0.3) is 5.91 Å². The Labute approximate surface area is 226 Å². The zero-order valence-corrected chi connectivity index (χ0v) is 22.4. The van der Waals surface area contributed by atoms with Crippen LogP contribution in [0.3, 0.4) is 0 Å². The molecule has 0 aliphatic carbocycles. The van der Waals surface area contributed by atoms with Gasteiger partial charge in [0, 0.05) is 22.9 Å². The first-order valence-corrected chi connectivity index (χ1v) is 12.6. The summed E-state index contributed by atoms with van der Waals surface area (Å²) in [5.74, 6) is 2.04. The van der Waals surface area contributed by atoms with Gasteiger partial charge in [-0.05, 0) is 75.5 Å². The molecule has 0 saturated heterocycles. The third-order valence-corrected chi connectivity index (χ3v) is 5.56. The summed E-state index contributed by atoms with van der Waals surface area (Å²) >= 11 is 5.40. The number of oxazole rings is 1. The van der Waals surface area contributed by atoms with Crippen LogP contribution in [0.15, 0.2) is 59.0 Å². The van der Waals surface area contributed by atoms with E-state index in [0.29, 0.717) is 71.1 Å². The van der Waals surface area contributed by atoms with Crippen molar-refractivity contribution in [3.63, 3.8) is 0 Å². The van der Waals surface area contributed by atoms with Gasteiger partial charge in [-0.2, -0.15) is 0 Å². The summed E-state index contributed by atoms with van der Waals surface area (Å²) in [7, 11) is 1.60. The molecule has 9 nitrogen and oxygen atoms in total. The second-order valence-electron chi connectivity index (χ2n) is 7.94. The van der Waals surface area contributed by atoms with E-state index in [1.807, 2.05) is 63.2 Å². The Kier molecular flexibility index (Phi) is 8.65. The van der Waals surface area contributed by atoms with Gasteiger partial charge in [0.15, 0.2) is 22.2 Å². The number of aromatic nitrogens is 1. The first kappa shape index (κ1) is 26.7. The van der Waals surface area contributed by atoms with Crippen LogP contribution in [0.4, 0.5) is 5.69 Å². The number of amides is 1. The monoisotopic (exact) mass is 535 g/mol. The molecule has 0 bridgehead atoms. The second-order valence-corrected chi connectivity index (χ2v) is 8.35. The van der Waals surface area contributed by atoms with Crippen LogP contribution in [-0.4, -0.2) is 42.9 Å². The molecule has 1 aromatic heterocycles. The number of benzene rings is 3. The standard InChI is InChI=1S/C28H29N3O6S/c1-5-34-23-14-18(15-24(35-6-2)25(23)36-7-3)26(32)31-28(38)29-19-10-8-9-17(13-19)27-30-21-16-20(33-4)11-12-22(21)37-27/h8-16H,5-7H2,1-4H3,(H2,29,31,32,38). The van der Waals surface area contributed by atoms with Crippen LogP contribution < -0.4 is 29.6 Å². The molecular formula is C28H29N3O6S. The lowest BCUT2D eigenvalue weighted by Crippen LogP contribution is -2.34. The van der Waals surface area contributed by atoms with Crippen molar-refractivity contribution in [1.29, 1.82) is 0 Å². The lowest BCUT2D eigenvalue weighted by molar-refractivity contribution is 0.0976. The van der Waals surface area contributed by atoms with Crippen molar-refractivity contribution in [2.75, 3.05) is 32.2 Å². The topological polar surface area (TPSA) is 104 Å². The Hall–Kier alpha value is -4.31. The third kappa shape index (κ3) is 6.15. The number of nitrogens with one attached hydrogen (secondary N) is 2. The van der Waals surface area contributed by atoms with Gasteiger partial charge in [-0.1, -0.05) is 6.07 Å². The van der Waals surface area contributed by atoms with Crippen LogP contribution in [-0.2, 0) is 0 Å². The molecule has 198 valence electrons. The van der Waals surface area contributed by atoms with Crippen molar-refractivity contribution in [3.8, 4) is 34.5 Å². The zero-order chi connectivity index (χ0) is 27.1. The van der Waals surface area contributed by atoms with Gasteiger partial charge < -0.3 is 28.7 Å². The van der Waals surface area contributed by atoms with E-state index in [2.05, 4.69) is 15.6 Å². The SMILES string of the molecule is CCOc1cc(C(=O)NC(=S)Nc2cccc(-c3nc4cc(OC)ccc4o3)c2)cc(OCC)c1OCC. The number of carbonyl (C=O) groups excluding carboxylic acids is 1. The maximum atomic E-state index is 13.0. The summed E-state index contributed by atoms with van der Waals surface area (Å²) in [6, 6.07) is 16.0. The van der Waals surface area contributed by atoms with Crippen molar-refractivity contribution in [1.82, 2.24) is 10.3 Å². The number of hydrogen-bond acceptors (Lipinski definition) is 8. The molecule has 0 unspecified atom stereocenters. The fourth-order valence-corrected chi connectivity index (χ4v) is 3.96. The van der Waals surface area contributed by atoms with Crippen molar-refractivity contribution in [3.05, 3.63) is 60.2 Å². The number of carbonyl (C=O) groups is 1. The van der Waals surface area contributed by atoms with Crippen LogP contribution in [0.2, 0.25) is 0 Å². The lowest BCUT2D eigenvalue weighted by atomic mass is 10.1. The number of fused-ring (bicyclic) bond motifs is 1. The highest BCUT2D eigenvalue weighted by Crippen LogP contribution is 2.39. The minimum Gasteiger partial charge on any atom is -0.497 e. The molecule has 10 heteroatoms. The molecule has 0 aliphatic rings. The molecule has 0 saturated carbocycles. The fraction of sp³-hybridized carbons (Fsp3) is 0.250. The van der Waals surface area contributed by atoms with Crippen LogP contribution in [0.1, 0.15) is 31.1 Å². The maximum Gasteiger partial charge on any atom is 0.257 e. The Morgan fingerprint density at radius 2 is 1.66 bits per heavy atom.